The van der Waals surface area contributed by atoms with Crippen LogP contribution in [-0.4, -0.2) is 28.1 Å². The molecule has 0 saturated carbocycles. The molecule has 4 rings (SSSR count). The molecule has 1 N–H and O–H groups in total. The van der Waals surface area contributed by atoms with Crippen LogP contribution >= 0.6 is 23.4 Å². The van der Waals surface area contributed by atoms with Crippen LogP contribution in [0.4, 0.5) is 5.69 Å². The number of amides is 1. The molecular weight excluding hydrogens is 390 g/mol. The normalized spacial score (nSPS) is 13.4. The molecule has 0 fully saturated rings. The minimum Gasteiger partial charge on any atom is -0.454 e. The number of hydrogen-bond acceptors (Lipinski definition) is 7. The number of anilines is 1. The standard InChI is InChI=1S/C18H14ClN3O4S/c1-10(16(23)20-13-5-6-14-15(8-13)25-9-24-14)27-18-22-21-17(26-18)11-3-2-4-12(19)7-11/h2-8,10H,9H2,1H3,(H,20,23)/t10-/m1/s1. The number of fused-ring (bicyclic) bond motifs is 1. The second-order valence-corrected chi connectivity index (χ2v) is 7.43. The molecule has 3 aromatic rings. The third-order valence-electron chi connectivity index (χ3n) is 3.76. The van der Waals surface area contributed by atoms with Crippen LogP contribution in [0.1, 0.15) is 6.92 Å². The topological polar surface area (TPSA) is 86.5 Å². The van der Waals surface area contributed by atoms with Gasteiger partial charge in [0.1, 0.15) is 0 Å². The Labute approximate surface area is 164 Å². The number of carbonyl (C=O) groups excluding carboxylic acids is 1. The quantitative estimate of drug-likeness (QED) is 0.637. The summed E-state index contributed by atoms with van der Waals surface area (Å²) >= 11 is 7.15. The molecule has 0 saturated heterocycles. The van der Waals surface area contributed by atoms with E-state index in [1.54, 1.807) is 43.3 Å². The molecule has 0 unspecified atom stereocenters. The predicted molar refractivity (Wildman–Crippen MR) is 101 cm³/mol. The zero-order valence-electron chi connectivity index (χ0n) is 14.1. The van der Waals surface area contributed by atoms with Gasteiger partial charge in [-0.25, -0.2) is 0 Å². The van der Waals surface area contributed by atoms with E-state index in [0.29, 0.717) is 33.3 Å². The highest BCUT2D eigenvalue weighted by atomic mass is 35.5. The fraction of sp³-hybridized carbons (Fsp3) is 0.167. The van der Waals surface area contributed by atoms with E-state index >= 15 is 0 Å². The van der Waals surface area contributed by atoms with Gasteiger partial charge in [-0.05, 0) is 37.3 Å². The summed E-state index contributed by atoms with van der Waals surface area (Å²) in [4.78, 5) is 12.4. The van der Waals surface area contributed by atoms with E-state index in [4.69, 9.17) is 25.5 Å². The summed E-state index contributed by atoms with van der Waals surface area (Å²) < 4.78 is 16.2. The summed E-state index contributed by atoms with van der Waals surface area (Å²) in [5.41, 5.74) is 1.35. The zero-order valence-corrected chi connectivity index (χ0v) is 15.7. The van der Waals surface area contributed by atoms with Gasteiger partial charge in [-0.1, -0.05) is 29.4 Å². The molecular formula is C18H14ClN3O4S. The van der Waals surface area contributed by atoms with E-state index in [1.165, 1.54) is 11.8 Å². The molecule has 0 radical (unpaired) electrons. The van der Waals surface area contributed by atoms with Gasteiger partial charge in [-0.15, -0.1) is 10.2 Å². The number of ether oxygens (including phenoxy) is 2. The predicted octanol–water partition coefficient (Wildman–Crippen LogP) is 4.24. The number of nitrogens with zero attached hydrogens (tertiary/aromatic N) is 2. The maximum absolute atomic E-state index is 12.4. The summed E-state index contributed by atoms with van der Waals surface area (Å²) in [6.45, 7) is 1.95. The Morgan fingerprint density at radius 2 is 2.04 bits per heavy atom. The molecule has 0 spiro atoms. The van der Waals surface area contributed by atoms with Gasteiger partial charge < -0.3 is 19.2 Å². The third kappa shape index (κ3) is 4.01. The van der Waals surface area contributed by atoms with Crippen molar-refractivity contribution >= 4 is 35.0 Å². The Kier molecular flexibility index (Phi) is 4.91. The number of halogens is 1. The molecule has 0 aliphatic carbocycles. The first kappa shape index (κ1) is 17.7. The van der Waals surface area contributed by atoms with Crippen molar-refractivity contribution in [3.63, 3.8) is 0 Å². The van der Waals surface area contributed by atoms with E-state index in [0.717, 1.165) is 5.56 Å². The lowest BCUT2D eigenvalue weighted by Gasteiger charge is -2.10. The van der Waals surface area contributed by atoms with E-state index < -0.39 is 5.25 Å². The first-order valence-electron chi connectivity index (χ1n) is 8.05. The second-order valence-electron chi connectivity index (χ2n) is 5.70. The van der Waals surface area contributed by atoms with Gasteiger partial charge in [-0.3, -0.25) is 4.79 Å². The summed E-state index contributed by atoms with van der Waals surface area (Å²) in [6.07, 6.45) is 0. The van der Waals surface area contributed by atoms with Crippen LogP contribution in [0.2, 0.25) is 5.02 Å². The van der Waals surface area contributed by atoms with Crippen LogP contribution < -0.4 is 14.8 Å². The lowest BCUT2D eigenvalue weighted by atomic mass is 10.2. The van der Waals surface area contributed by atoms with Crippen LogP contribution in [0.15, 0.2) is 52.1 Å². The van der Waals surface area contributed by atoms with Crippen molar-refractivity contribution in [1.29, 1.82) is 0 Å². The van der Waals surface area contributed by atoms with Crippen molar-refractivity contribution in [3.05, 3.63) is 47.5 Å². The summed E-state index contributed by atoms with van der Waals surface area (Å²) in [5.74, 6) is 1.43. The van der Waals surface area contributed by atoms with E-state index in [9.17, 15) is 4.79 Å². The summed E-state index contributed by atoms with van der Waals surface area (Å²) in [5, 5.41) is 11.3. The lowest BCUT2D eigenvalue weighted by Crippen LogP contribution is -2.22. The number of benzene rings is 2. The average Bonchev–Trinajstić information content (AvgIpc) is 3.30. The molecule has 7 nitrogen and oxygen atoms in total. The highest BCUT2D eigenvalue weighted by Gasteiger charge is 2.20. The molecule has 1 amide bonds. The van der Waals surface area contributed by atoms with Crippen molar-refractivity contribution < 1.29 is 18.7 Å². The SMILES string of the molecule is C[C@@H](Sc1nnc(-c2cccc(Cl)c2)o1)C(=O)Nc1ccc2c(c1)OCO2. The van der Waals surface area contributed by atoms with E-state index in [1.807, 2.05) is 6.07 Å². The molecule has 1 aliphatic rings. The Bertz CT molecular complexity index is 994. The van der Waals surface area contributed by atoms with Crippen LogP contribution in [0.5, 0.6) is 11.5 Å². The molecule has 0 bridgehead atoms. The van der Waals surface area contributed by atoms with E-state index in [-0.39, 0.29) is 12.7 Å². The lowest BCUT2D eigenvalue weighted by molar-refractivity contribution is -0.115. The molecule has 1 aliphatic heterocycles. The van der Waals surface area contributed by atoms with Crippen molar-refractivity contribution in [2.75, 3.05) is 12.1 Å². The maximum Gasteiger partial charge on any atom is 0.277 e. The van der Waals surface area contributed by atoms with Crippen molar-refractivity contribution in [2.24, 2.45) is 0 Å². The van der Waals surface area contributed by atoms with Gasteiger partial charge in [0.2, 0.25) is 18.6 Å². The van der Waals surface area contributed by atoms with Crippen molar-refractivity contribution in [1.82, 2.24) is 10.2 Å². The number of nitrogens with one attached hydrogen (secondary N) is 1. The fourth-order valence-electron chi connectivity index (χ4n) is 2.42. The van der Waals surface area contributed by atoms with Crippen LogP contribution in [-0.2, 0) is 4.79 Å². The van der Waals surface area contributed by atoms with Gasteiger partial charge in [0.05, 0.1) is 5.25 Å². The minimum absolute atomic E-state index is 0.186. The smallest absolute Gasteiger partial charge is 0.277 e. The zero-order chi connectivity index (χ0) is 18.8. The monoisotopic (exact) mass is 403 g/mol. The van der Waals surface area contributed by atoms with Crippen molar-refractivity contribution in [3.8, 4) is 23.0 Å². The molecule has 27 heavy (non-hydrogen) atoms. The maximum atomic E-state index is 12.4. The summed E-state index contributed by atoms with van der Waals surface area (Å²) in [7, 11) is 0. The molecule has 9 heteroatoms. The van der Waals surface area contributed by atoms with Gasteiger partial charge in [-0.2, -0.15) is 0 Å². The summed E-state index contributed by atoms with van der Waals surface area (Å²) in [6, 6.07) is 12.4. The van der Waals surface area contributed by atoms with Crippen LogP contribution in [0, 0.1) is 0 Å². The highest BCUT2D eigenvalue weighted by Crippen LogP contribution is 2.34. The van der Waals surface area contributed by atoms with Gasteiger partial charge in [0.15, 0.2) is 11.5 Å². The minimum atomic E-state index is -0.442. The molecule has 2 aromatic carbocycles. The number of rotatable bonds is 5. The Balaban J connectivity index is 1.40. The second kappa shape index (κ2) is 7.50. The number of aromatic nitrogens is 2. The fourth-order valence-corrected chi connectivity index (χ4v) is 3.29. The molecule has 1 aromatic heterocycles. The van der Waals surface area contributed by atoms with Gasteiger partial charge in [0, 0.05) is 22.3 Å². The Hall–Kier alpha value is -2.71. The van der Waals surface area contributed by atoms with Gasteiger partial charge in [0.25, 0.3) is 5.22 Å². The number of thioether (sulfide) groups is 1. The molecule has 1 atom stereocenters. The van der Waals surface area contributed by atoms with E-state index in [2.05, 4.69) is 15.5 Å². The number of hydrogen-bond donors (Lipinski definition) is 1. The Morgan fingerprint density at radius 3 is 2.89 bits per heavy atom. The van der Waals surface area contributed by atoms with Gasteiger partial charge >= 0.3 is 0 Å². The first-order valence-corrected chi connectivity index (χ1v) is 9.31. The van der Waals surface area contributed by atoms with Crippen LogP contribution in [0.25, 0.3) is 11.5 Å². The first-order chi connectivity index (χ1) is 13.1. The average molecular weight is 404 g/mol. The molecule has 2 heterocycles. The highest BCUT2D eigenvalue weighted by molar-refractivity contribution is 8.00. The Morgan fingerprint density at radius 1 is 1.19 bits per heavy atom. The van der Waals surface area contributed by atoms with Crippen molar-refractivity contribution in [2.45, 2.75) is 17.4 Å². The largest absolute Gasteiger partial charge is 0.454 e. The number of carbonyl (C=O) groups is 1. The third-order valence-corrected chi connectivity index (χ3v) is 4.93. The van der Waals surface area contributed by atoms with Crippen LogP contribution in [0.3, 0.4) is 0 Å². The molecule has 138 valence electrons.